The fraction of sp³-hybridized carbons (Fsp3) is 0.375. The number of nitrogens with zero attached hydrogens (tertiary/aromatic N) is 2. The summed E-state index contributed by atoms with van der Waals surface area (Å²) in [6, 6.07) is 6.63. The normalized spacial score (nSPS) is 14.4. The summed E-state index contributed by atoms with van der Waals surface area (Å²) in [5, 5.41) is 2.02. The fourth-order valence-corrected chi connectivity index (χ4v) is 3.96. The number of rotatable bonds is 4. The number of nitrogens with one attached hydrogen (secondary N) is 1. The van der Waals surface area contributed by atoms with E-state index >= 15 is 0 Å². The number of carbonyl (C=O) groups excluding carboxylic acids is 1. The summed E-state index contributed by atoms with van der Waals surface area (Å²) in [6.45, 7) is 4.57. The van der Waals surface area contributed by atoms with Crippen molar-refractivity contribution in [3.8, 4) is 0 Å². The highest BCUT2D eigenvalue weighted by Gasteiger charge is 2.22. The molecule has 1 aliphatic heterocycles. The number of hydrogen-bond acceptors (Lipinski definition) is 6. The van der Waals surface area contributed by atoms with Crippen LogP contribution in [0, 0.1) is 0 Å². The van der Waals surface area contributed by atoms with Gasteiger partial charge in [0.25, 0.3) is 10.0 Å². The molecule has 3 N–H and O–H groups in total. The van der Waals surface area contributed by atoms with Crippen molar-refractivity contribution in [2.45, 2.75) is 37.6 Å². The molecule has 1 aromatic heterocycles. The molecule has 0 unspecified atom stereocenters. The molecule has 1 fully saturated rings. The zero-order valence-corrected chi connectivity index (χ0v) is 15.8. The summed E-state index contributed by atoms with van der Waals surface area (Å²) in [6.07, 6.45) is 2.92. The van der Waals surface area contributed by atoms with Crippen LogP contribution in [0.5, 0.6) is 0 Å². The highest BCUT2D eigenvalue weighted by atomic mass is 32.2. The summed E-state index contributed by atoms with van der Waals surface area (Å²) >= 11 is 1.21. The Balaban J connectivity index is 0.00000103. The van der Waals surface area contributed by atoms with Crippen molar-refractivity contribution in [2.75, 3.05) is 16.2 Å². The molecule has 25 heavy (non-hydrogen) atoms. The highest BCUT2D eigenvalue weighted by molar-refractivity contribution is 7.93. The molecule has 1 saturated heterocycles. The molecular weight excluding hydrogens is 360 g/mol. The number of sulfonamides is 1. The van der Waals surface area contributed by atoms with Gasteiger partial charge in [0.1, 0.15) is 0 Å². The number of carbonyl (C=O) groups is 1. The summed E-state index contributed by atoms with van der Waals surface area (Å²) in [7, 11) is -3.64. The molecule has 1 aliphatic rings. The minimum atomic E-state index is -3.64. The maximum absolute atomic E-state index is 12.2. The first-order valence-electron chi connectivity index (χ1n) is 7.88. The summed E-state index contributed by atoms with van der Waals surface area (Å²) < 4.78 is 26.8. The predicted octanol–water partition coefficient (Wildman–Crippen LogP) is 2.92. The molecule has 140 valence electrons. The van der Waals surface area contributed by atoms with E-state index in [9.17, 15) is 13.2 Å². The first-order valence-corrected chi connectivity index (χ1v) is 10.2. The van der Waals surface area contributed by atoms with Crippen molar-refractivity contribution in [1.29, 1.82) is 0 Å². The van der Waals surface area contributed by atoms with Gasteiger partial charge in [-0.1, -0.05) is 13.8 Å². The van der Waals surface area contributed by atoms with Crippen LogP contribution in [0.2, 0.25) is 0 Å². The van der Waals surface area contributed by atoms with Crippen LogP contribution >= 0.6 is 11.3 Å². The van der Waals surface area contributed by atoms with Gasteiger partial charge in [0, 0.05) is 33.1 Å². The van der Waals surface area contributed by atoms with Crippen molar-refractivity contribution >= 4 is 38.1 Å². The lowest BCUT2D eigenvalue weighted by molar-refractivity contribution is -0.117. The largest absolute Gasteiger partial charge is 0.328 e. The van der Waals surface area contributed by atoms with Crippen LogP contribution < -0.4 is 15.4 Å². The highest BCUT2D eigenvalue weighted by Crippen LogP contribution is 2.24. The average molecular weight is 387 g/mol. The summed E-state index contributed by atoms with van der Waals surface area (Å²) in [4.78, 5) is 17.4. The lowest BCUT2D eigenvalue weighted by Gasteiger charge is -2.16. The van der Waals surface area contributed by atoms with Crippen LogP contribution in [0.25, 0.3) is 0 Å². The minimum absolute atomic E-state index is 0. The molecule has 7 nitrogen and oxygen atoms in total. The number of aromatic nitrogens is 1. The number of anilines is 2. The number of nitrogens with two attached hydrogens (primary N) is 1. The van der Waals surface area contributed by atoms with E-state index in [1.165, 1.54) is 29.7 Å². The predicted molar refractivity (Wildman–Crippen MR) is 105 cm³/mol. The molecular formula is C16H26N4O3S2. The van der Waals surface area contributed by atoms with E-state index in [0.29, 0.717) is 24.1 Å². The van der Waals surface area contributed by atoms with E-state index < -0.39 is 10.0 Å². The van der Waals surface area contributed by atoms with Gasteiger partial charge in [-0.3, -0.25) is 9.52 Å². The van der Waals surface area contributed by atoms with E-state index in [2.05, 4.69) is 9.71 Å². The van der Waals surface area contributed by atoms with Crippen LogP contribution in [0.3, 0.4) is 0 Å². The maximum Gasteiger partial charge on any atom is 0.263 e. The van der Waals surface area contributed by atoms with E-state index in [4.69, 9.17) is 5.73 Å². The van der Waals surface area contributed by atoms with Gasteiger partial charge in [0.2, 0.25) is 5.91 Å². The second kappa shape index (κ2) is 8.41. The molecule has 1 amide bonds. The maximum atomic E-state index is 12.2. The van der Waals surface area contributed by atoms with E-state index in [-0.39, 0.29) is 13.7 Å². The van der Waals surface area contributed by atoms with Gasteiger partial charge in [-0.2, -0.15) is 0 Å². The van der Waals surface area contributed by atoms with Gasteiger partial charge >= 0.3 is 0 Å². The molecule has 0 atom stereocenters. The molecule has 0 bridgehead atoms. The van der Waals surface area contributed by atoms with E-state index in [1.54, 1.807) is 22.4 Å². The van der Waals surface area contributed by atoms with E-state index in [0.717, 1.165) is 12.1 Å². The molecule has 0 radical (unpaired) electrons. The van der Waals surface area contributed by atoms with Crippen LogP contribution in [0.4, 0.5) is 10.8 Å². The van der Waals surface area contributed by atoms with Crippen LogP contribution in [0.15, 0.2) is 40.7 Å². The molecule has 0 aliphatic carbocycles. The molecule has 0 spiro atoms. The van der Waals surface area contributed by atoms with Crippen molar-refractivity contribution < 1.29 is 16.1 Å². The van der Waals surface area contributed by atoms with Gasteiger partial charge in [-0.25, -0.2) is 13.4 Å². The second-order valence-electron chi connectivity index (χ2n) is 5.83. The third kappa shape index (κ3) is 5.52. The van der Waals surface area contributed by atoms with Gasteiger partial charge < -0.3 is 10.6 Å². The van der Waals surface area contributed by atoms with Crippen LogP contribution in [-0.2, 0) is 14.8 Å². The molecule has 2 heterocycles. The zero-order chi connectivity index (χ0) is 18.4. The van der Waals surface area contributed by atoms with Gasteiger partial charge in [-0.05, 0) is 36.7 Å². The van der Waals surface area contributed by atoms with Crippen molar-refractivity contribution in [3.63, 3.8) is 0 Å². The van der Waals surface area contributed by atoms with Crippen molar-refractivity contribution in [2.24, 2.45) is 5.73 Å². The molecule has 9 heteroatoms. The van der Waals surface area contributed by atoms with Crippen LogP contribution in [-0.4, -0.2) is 31.9 Å². The smallest absolute Gasteiger partial charge is 0.263 e. The fourth-order valence-electron chi connectivity index (χ4n) is 2.17. The number of amides is 1. The summed E-state index contributed by atoms with van der Waals surface area (Å²) in [5.74, 6) is 0.0755. The minimum Gasteiger partial charge on any atom is -0.328 e. The Morgan fingerprint density at radius 1 is 1.32 bits per heavy atom. The van der Waals surface area contributed by atoms with Gasteiger partial charge in [-0.15, -0.1) is 11.3 Å². The topological polar surface area (TPSA) is 105 Å². The van der Waals surface area contributed by atoms with Gasteiger partial charge in [0.15, 0.2) is 5.13 Å². The Hall–Kier alpha value is -1.97. The van der Waals surface area contributed by atoms with Crippen LogP contribution in [0.1, 0.15) is 29.5 Å². The van der Waals surface area contributed by atoms with Crippen molar-refractivity contribution in [3.05, 3.63) is 35.8 Å². The molecule has 2 aromatic rings. The molecule has 0 saturated carbocycles. The summed E-state index contributed by atoms with van der Waals surface area (Å²) in [5.41, 5.74) is 5.84. The third-order valence-corrected chi connectivity index (χ3v) is 5.36. The molecule has 1 aromatic carbocycles. The Bertz CT molecular complexity index is 795. The zero-order valence-electron chi connectivity index (χ0n) is 14.2. The molecule has 3 rings (SSSR count). The Morgan fingerprint density at radius 2 is 1.96 bits per heavy atom. The monoisotopic (exact) mass is 386 g/mol. The Morgan fingerprint density at radius 3 is 2.44 bits per heavy atom. The van der Waals surface area contributed by atoms with Gasteiger partial charge in [0.05, 0.1) is 4.90 Å². The first kappa shape index (κ1) is 19.4. The standard InChI is InChI=1S/C13H13N3O3S2.C3H9N.2H2/c17-12-2-1-8-16(12)10-3-5-11(6-4-10)21(18,19)15-13-14-7-9-20-13;1-3(2)4;;/h3-7,9H,1-2,8H2,(H,14,15);3H,4H2,1-2H3;2*1H. The third-order valence-electron chi connectivity index (χ3n) is 3.19. The first-order chi connectivity index (χ1) is 11.8. The van der Waals surface area contributed by atoms with Crippen molar-refractivity contribution in [1.82, 2.24) is 4.98 Å². The second-order valence-corrected chi connectivity index (χ2v) is 8.41. The number of hydrogen-bond donors (Lipinski definition) is 2. The lowest BCUT2D eigenvalue weighted by Crippen LogP contribution is -2.23. The quantitative estimate of drug-likeness (QED) is 0.840. The average Bonchev–Trinajstić information content (AvgIpc) is 3.18. The Kier molecular flexibility index (Phi) is 6.51. The number of thiazole rings is 1. The Labute approximate surface area is 154 Å². The number of benzene rings is 1. The lowest BCUT2D eigenvalue weighted by atomic mass is 10.3. The van der Waals surface area contributed by atoms with E-state index in [1.807, 2.05) is 13.8 Å². The SMILES string of the molecule is CC(C)N.O=C1CCCN1c1ccc(S(=O)(=O)Nc2nccs2)cc1.[HH].[HH].